The predicted molar refractivity (Wildman–Crippen MR) is 146 cm³/mol. The Morgan fingerprint density at radius 3 is 2.46 bits per heavy atom. The summed E-state index contributed by atoms with van der Waals surface area (Å²) in [6.07, 6.45) is 8.97. The Kier molecular flexibility index (Phi) is 5.51. The molecule has 6 heteroatoms. The highest BCUT2D eigenvalue weighted by Gasteiger charge is 2.57. The molecule has 0 aromatic heterocycles. The van der Waals surface area contributed by atoms with E-state index in [1.54, 1.807) is 11.8 Å². The van der Waals surface area contributed by atoms with E-state index in [9.17, 15) is 24.3 Å². The molecule has 1 aliphatic heterocycles. The number of ketones is 2. The normalized spacial score (nSPS) is 29.3. The van der Waals surface area contributed by atoms with E-state index in [0.29, 0.717) is 34.1 Å². The van der Waals surface area contributed by atoms with Gasteiger partial charge in [-0.05, 0) is 50.0 Å². The molecule has 7 rings (SSSR count). The van der Waals surface area contributed by atoms with Gasteiger partial charge in [-0.3, -0.25) is 24.1 Å². The van der Waals surface area contributed by atoms with Crippen molar-refractivity contribution in [1.82, 2.24) is 4.90 Å². The van der Waals surface area contributed by atoms with Crippen LogP contribution in [0.1, 0.15) is 63.4 Å². The highest BCUT2D eigenvalue weighted by molar-refractivity contribution is 6.24. The van der Waals surface area contributed by atoms with Crippen molar-refractivity contribution in [3.8, 4) is 5.75 Å². The lowest BCUT2D eigenvalue weighted by Crippen LogP contribution is -2.43. The number of benzene rings is 2. The van der Waals surface area contributed by atoms with Crippen molar-refractivity contribution >= 4 is 34.2 Å². The number of phenolic OH excluding ortho intramolecular Hbond substituents is 1. The molecule has 2 aromatic carbocycles. The van der Waals surface area contributed by atoms with Gasteiger partial charge in [0.1, 0.15) is 5.75 Å². The Balaban J connectivity index is 1.38. The number of rotatable bonds is 2. The molecule has 0 radical (unpaired) electrons. The van der Waals surface area contributed by atoms with E-state index in [1.807, 2.05) is 42.5 Å². The molecule has 0 unspecified atom stereocenters. The summed E-state index contributed by atoms with van der Waals surface area (Å²) in [5.41, 5.74) is 2.65. The van der Waals surface area contributed by atoms with Gasteiger partial charge in [0.2, 0.25) is 11.8 Å². The van der Waals surface area contributed by atoms with E-state index in [-0.39, 0.29) is 47.5 Å². The number of hydrogen-bond acceptors (Lipinski definition) is 5. The van der Waals surface area contributed by atoms with Crippen LogP contribution in [-0.4, -0.2) is 39.4 Å². The van der Waals surface area contributed by atoms with Crippen molar-refractivity contribution in [3.05, 3.63) is 76.4 Å². The minimum Gasteiger partial charge on any atom is -0.507 e. The van der Waals surface area contributed by atoms with Gasteiger partial charge < -0.3 is 5.11 Å². The quantitative estimate of drug-likeness (QED) is 0.329. The molecule has 1 N–H and O–H groups in total. The number of carbonyl (C=O) groups is 4. The van der Waals surface area contributed by atoms with Crippen LogP contribution in [0.25, 0.3) is 10.8 Å². The van der Waals surface area contributed by atoms with Crippen molar-refractivity contribution in [1.29, 1.82) is 0 Å². The van der Waals surface area contributed by atoms with Crippen LogP contribution in [0, 0.1) is 17.8 Å². The first kappa shape index (κ1) is 24.3. The second-order valence-electron chi connectivity index (χ2n) is 11.8. The summed E-state index contributed by atoms with van der Waals surface area (Å²) in [7, 11) is 0. The molecule has 2 aromatic rings. The molecule has 0 spiro atoms. The maximum atomic E-state index is 14.0. The molecule has 2 amide bonds. The van der Waals surface area contributed by atoms with Crippen molar-refractivity contribution in [2.24, 2.45) is 17.8 Å². The molecule has 2 fully saturated rings. The second-order valence-corrected chi connectivity index (χ2v) is 11.8. The van der Waals surface area contributed by atoms with E-state index in [2.05, 4.69) is 0 Å². The highest BCUT2D eigenvalue weighted by atomic mass is 16.3. The number of amides is 2. The number of allylic oxidation sites excluding steroid dienone is 6. The molecule has 1 heterocycles. The Labute approximate surface area is 227 Å². The molecule has 6 nitrogen and oxygen atoms in total. The third-order valence-corrected chi connectivity index (χ3v) is 9.78. The van der Waals surface area contributed by atoms with E-state index < -0.39 is 17.8 Å². The molecule has 5 aliphatic rings. The standard InChI is InChI=1S/C33H31NO5/c1-17-15-26(35)29-25(30(17)36)16-24-21(27(29)22-12-11-18-7-5-6-10-20(18)31(22)37)13-14-23-28(24)33(39)34(32(23)38)19-8-3-2-4-9-19/h5-7,10-13,15,19,23-24,27-28,37H,2-4,8-9,14,16H2,1H3/t23-,24+,27+,28-/m0/s1. The summed E-state index contributed by atoms with van der Waals surface area (Å²) in [6, 6.07) is 11.2. The molecule has 39 heavy (non-hydrogen) atoms. The molecule has 1 saturated heterocycles. The van der Waals surface area contributed by atoms with Crippen LogP contribution < -0.4 is 0 Å². The van der Waals surface area contributed by atoms with Crippen molar-refractivity contribution in [2.45, 2.75) is 63.8 Å². The first-order valence-electron chi connectivity index (χ1n) is 14.1. The monoisotopic (exact) mass is 521 g/mol. The minimum absolute atomic E-state index is 0.0467. The van der Waals surface area contributed by atoms with E-state index >= 15 is 0 Å². The van der Waals surface area contributed by atoms with Crippen LogP contribution in [0.4, 0.5) is 0 Å². The topological polar surface area (TPSA) is 91.8 Å². The number of fused-ring (bicyclic) bond motifs is 4. The third-order valence-electron chi connectivity index (χ3n) is 9.78. The fourth-order valence-corrected chi connectivity index (χ4v) is 7.97. The SMILES string of the molecule is CC1=CC(=O)C2=C(C[C@@H]3C(=CC[C@@H]4C(=O)N(C5CCCCC5)C(=O)[C@@H]43)[C@@H]2c2ccc3ccccc3c2O)C1=O. The van der Waals surface area contributed by atoms with Crippen LogP contribution in [-0.2, 0) is 19.2 Å². The summed E-state index contributed by atoms with van der Waals surface area (Å²) < 4.78 is 0. The number of nitrogens with zero attached hydrogens (tertiary/aromatic N) is 1. The number of hydrogen-bond donors (Lipinski definition) is 1. The van der Waals surface area contributed by atoms with Gasteiger partial charge in [0, 0.05) is 39.6 Å². The van der Waals surface area contributed by atoms with Gasteiger partial charge in [-0.1, -0.05) is 67.3 Å². The molecule has 198 valence electrons. The van der Waals surface area contributed by atoms with Gasteiger partial charge in [0.15, 0.2) is 11.6 Å². The number of Topliss-reactive ketones (excluding diaryl/α,β-unsaturated/α-hetero) is 1. The highest BCUT2D eigenvalue weighted by Crippen LogP contribution is 2.56. The Morgan fingerprint density at radius 2 is 1.67 bits per heavy atom. The van der Waals surface area contributed by atoms with E-state index in [4.69, 9.17) is 0 Å². The predicted octanol–water partition coefficient (Wildman–Crippen LogP) is 5.31. The van der Waals surface area contributed by atoms with Gasteiger partial charge in [0.05, 0.1) is 11.8 Å². The van der Waals surface area contributed by atoms with Crippen LogP contribution >= 0.6 is 0 Å². The second kappa shape index (κ2) is 8.87. The van der Waals surface area contributed by atoms with Gasteiger partial charge in [-0.15, -0.1) is 0 Å². The van der Waals surface area contributed by atoms with Crippen LogP contribution in [0.15, 0.2) is 70.8 Å². The lowest BCUT2D eigenvalue weighted by molar-refractivity contribution is -0.143. The zero-order valence-electron chi connectivity index (χ0n) is 22.0. The third kappa shape index (κ3) is 3.46. The first-order valence-corrected chi connectivity index (χ1v) is 14.1. The summed E-state index contributed by atoms with van der Waals surface area (Å²) >= 11 is 0. The molecule has 4 aliphatic carbocycles. The zero-order chi connectivity index (χ0) is 27.0. The first-order chi connectivity index (χ1) is 18.9. The van der Waals surface area contributed by atoms with Crippen molar-refractivity contribution in [3.63, 3.8) is 0 Å². The molecule has 4 atom stereocenters. The Hall–Kier alpha value is -3.80. The average Bonchev–Trinajstić information content (AvgIpc) is 3.21. The summed E-state index contributed by atoms with van der Waals surface area (Å²) in [5, 5.41) is 13.0. The van der Waals surface area contributed by atoms with Gasteiger partial charge >= 0.3 is 0 Å². The fourth-order valence-electron chi connectivity index (χ4n) is 7.97. The van der Waals surface area contributed by atoms with E-state index in [1.165, 1.54) is 6.08 Å². The molecular formula is C33H31NO5. The van der Waals surface area contributed by atoms with Crippen LogP contribution in [0.5, 0.6) is 5.75 Å². The van der Waals surface area contributed by atoms with Crippen molar-refractivity contribution < 1.29 is 24.3 Å². The van der Waals surface area contributed by atoms with E-state index in [0.717, 1.165) is 43.1 Å². The number of aromatic hydroxyl groups is 1. The Morgan fingerprint density at radius 1 is 0.897 bits per heavy atom. The minimum atomic E-state index is -0.642. The molecular weight excluding hydrogens is 490 g/mol. The van der Waals surface area contributed by atoms with Crippen LogP contribution in [0.3, 0.4) is 0 Å². The molecule has 1 saturated carbocycles. The fraction of sp³-hybridized carbons (Fsp3) is 0.394. The maximum absolute atomic E-state index is 14.0. The number of carbonyl (C=O) groups excluding carboxylic acids is 4. The largest absolute Gasteiger partial charge is 0.507 e. The van der Waals surface area contributed by atoms with Gasteiger partial charge in [0.25, 0.3) is 0 Å². The average molecular weight is 522 g/mol. The lowest BCUT2D eigenvalue weighted by atomic mass is 9.59. The zero-order valence-corrected chi connectivity index (χ0v) is 22.0. The van der Waals surface area contributed by atoms with Crippen LogP contribution in [0.2, 0.25) is 0 Å². The number of phenols is 1. The maximum Gasteiger partial charge on any atom is 0.233 e. The lowest BCUT2D eigenvalue weighted by Gasteiger charge is -2.42. The summed E-state index contributed by atoms with van der Waals surface area (Å²) in [5.74, 6) is -2.53. The summed E-state index contributed by atoms with van der Waals surface area (Å²) in [4.78, 5) is 56.2. The number of likely N-dealkylation sites (tertiary alicyclic amines) is 1. The Bertz CT molecular complexity index is 1570. The van der Waals surface area contributed by atoms with Crippen molar-refractivity contribution in [2.75, 3.05) is 0 Å². The number of imide groups is 1. The molecule has 0 bridgehead atoms. The summed E-state index contributed by atoms with van der Waals surface area (Å²) in [6.45, 7) is 1.65. The van der Waals surface area contributed by atoms with Gasteiger partial charge in [-0.25, -0.2) is 0 Å². The van der Waals surface area contributed by atoms with Gasteiger partial charge in [-0.2, -0.15) is 0 Å². The smallest absolute Gasteiger partial charge is 0.233 e.